The Kier molecular flexibility index (Phi) is 2.59. The Morgan fingerprint density at radius 1 is 1.38 bits per heavy atom. The molecule has 0 spiro atoms. The summed E-state index contributed by atoms with van der Waals surface area (Å²) in [4.78, 5) is 22.5. The number of carbonyl (C=O) groups is 2. The lowest BCUT2D eigenvalue weighted by molar-refractivity contribution is -0.125. The Morgan fingerprint density at radius 2 is 1.92 bits per heavy atom. The minimum Gasteiger partial charge on any atom is -0.453 e. The standard InChI is InChI=1S/C9H15NO3/c1-9(2,10-8(12)13-3)7(11)6-4-5-6/h6H,4-5H2,1-3H3,(H,10,12). The van der Waals surface area contributed by atoms with E-state index in [0.717, 1.165) is 12.8 Å². The molecule has 0 heterocycles. The third-order valence-electron chi connectivity index (χ3n) is 2.16. The number of hydrogen-bond acceptors (Lipinski definition) is 3. The molecule has 0 radical (unpaired) electrons. The molecule has 1 fully saturated rings. The molecule has 74 valence electrons. The number of ketones is 1. The summed E-state index contributed by atoms with van der Waals surface area (Å²) in [6, 6.07) is 0. The topological polar surface area (TPSA) is 55.4 Å². The average molecular weight is 185 g/mol. The van der Waals surface area contributed by atoms with Crippen molar-refractivity contribution in [1.82, 2.24) is 5.32 Å². The van der Waals surface area contributed by atoms with Gasteiger partial charge in [0.25, 0.3) is 0 Å². The van der Waals surface area contributed by atoms with Crippen LogP contribution in [0.3, 0.4) is 0 Å². The third kappa shape index (κ3) is 2.44. The lowest BCUT2D eigenvalue weighted by Crippen LogP contribution is -2.50. The van der Waals surface area contributed by atoms with Crippen LogP contribution in [0.1, 0.15) is 26.7 Å². The van der Waals surface area contributed by atoms with Gasteiger partial charge in [0.2, 0.25) is 0 Å². The molecule has 0 aromatic heterocycles. The van der Waals surface area contributed by atoms with Crippen molar-refractivity contribution in [2.24, 2.45) is 5.92 Å². The van der Waals surface area contributed by atoms with Crippen LogP contribution in [0.25, 0.3) is 0 Å². The molecule has 1 aliphatic carbocycles. The number of rotatable bonds is 3. The normalized spacial score (nSPS) is 16.5. The van der Waals surface area contributed by atoms with Crippen LogP contribution in [0.4, 0.5) is 4.79 Å². The zero-order chi connectivity index (χ0) is 10.1. The monoisotopic (exact) mass is 185 g/mol. The summed E-state index contributed by atoms with van der Waals surface area (Å²) in [5.74, 6) is 0.241. The van der Waals surface area contributed by atoms with Crippen molar-refractivity contribution in [3.8, 4) is 0 Å². The summed E-state index contributed by atoms with van der Waals surface area (Å²) in [6.07, 6.45) is 1.34. The van der Waals surface area contributed by atoms with Crippen LogP contribution in [-0.4, -0.2) is 24.5 Å². The Bertz CT molecular complexity index is 231. The Labute approximate surface area is 77.6 Å². The first-order valence-electron chi connectivity index (χ1n) is 4.38. The molecule has 0 unspecified atom stereocenters. The molecule has 0 aromatic rings. The van der Waals surface area contributed by atoms with Crippen LogP contribution >= 0.6 is 0 Å². The van der Waals surface area contributed by atoms with E-state index in [1.165, 1.54) is 7.11 Å². The average Bonchev–Trinajstić information content (AvgIpc) is 2.84. The largest absolute Gasteiger partial charge is 0.453 e. The van der Waals surface area contributed by atoms with Crippen LogP contribution in [0.5, 0.6) is 0 Å². The van der Waals surface area contributed by atoms with E-state index >= 15 is 0 Å². The Balaban J connectivity index is 2.53. The fourth-order valence-corrected chi connectivity index (χ4v) is 1.22. The number of carbonyl (C=O) groups excluding carboxylic acids is 2. The van der Waals surface area contributed by atoms with Gasteiger partial charge in [-0.1, -0.05) is 0 Å². The first-order chi connectivity index (χ1) is 5.97. The van der Waals surface area contributed by atoms with Crippen molar-refractivity contribution in [2.75, 3.05) is 7.11 Å². The number of Topliss-reactive ketones (excluding diaryl/α,β-unsaturated/α-hetero) is 1. The van der Waals surface area contributed by atoms with Gasteiger partial charge in [0, 0.05) is 5.92 Å². The summed E-state index contributed by atoms with van der Waals surface area (Å²) < 4.78 is 4.43. The van der Waals surface area contributed by atoms with Gasteiger partial charge in [0.05, 0.1) is 12.6 Å². The van der Waals surface area contributed by atoms with Crippen molar-refractivity contribution in [1.29, 1.82) is 0 Å². The molecule has 0 atom stereocenters. The van der Waals surface area contributed by atoms with Crippen molar-refractivity contribution < 1.29 is 14.3 Å². The van der Waals surface area contributed by atoms with Gasteiger partial charge in [0.15, 0.2) is 5.78 Å². The smallest absolute Gasteiger partial charge is 0.407 e. The van der Waals surface area contributed by atoms with E-state index in [1.807, 2.05) is 0 Å². The minimum atomic E-state index is -0.797. The van der Waals surface area contributed by atoms with Gasteiger partial charge >= 0.3 is 6.09 Å². The maximum Gasteiger partial charge on any atom is 0.407 e. The summed E-state index contributed by atoms with van der Waals surface area (Å²) in [7, 11) is 1.28. The lowest BCUT2D eigenvalue weighted by Gasteiger charge is -2.23. The van der Waals surface area contributed by atoms with Gasteiger partial charge in [-0.05, 0) is 26.7 Å². The van der Waals surface area contributed by atoms with Crippen molar-refractivity contribution in [3.63, 3.8) is 0 Å². The van der Waals surface area contributed by atoms with E-state index in [9.17, 15) is 9.59 Å². The fraction of sp³-hybridized carbons (Fsp3) is 0.778. The van der Waals surface area contributed by atoms with E-state index in [1.54, 1.807) is 13.8 Å². The summed E-state index contributed by atoms with van der Waals surface area (Å²) >= 11 is 0. The van der Waals surface area contributed by atoms with Gasteiger partial charge in [-0.15, -0.1) is 0 Å². The second-order valence-corrected chi connectivity index (χ2v) is 3.88. The van der Waals surface area contributed by atoms with E-state index < -0.39 is 11.6 Å². The lowest BCUT2D eigenvalue weighted by atomic mass is 9.96. The number of hydrogen-bond donors (Lipinski definition) is 1. The number of methoxy groups -OCH3 is 1. The van der Waals surface area contributed by atoms with Crippen molar-refractivity contribution in [2.45, 2.75) is 32.2 Å². The predicted molar refractivity (Wildman–Crippen MR) is 47.4 cm³/mol. The van der Waals surface area contributed by atoms with Gasteiger partial charge in [0.1, 0.15) is 0 Å². The van der Waals surface area contributed by atoms with Crippen LogP contribution in [-0.2, 0) is 9.53 Å². The molecule has 13 heavy (non-hydrogen) atoms. The number of amides is 1. The first kappa shape index (κ1) is 10.0. The Hall–Kier alpha value is -1.06. The molecule has 4 nitrogen and oxygen atoms in total. The van der Waals surface area contributed by atoms with Crippen molar-refractivity contribution >= 4 is 11.9 Å². The van der Waals surface area contributed by atoms with E-state index in [-0.39, 0.29) is 11.7 Å². The highest BCUT2D eigenvalue weighted by atomic mass is 16.5. The Morgan fingerprint density at radius 3 is 2.31 bits per heavy atom. The first-order valence-corrected chi connectivity index (χ1v) is 4.38. The summed E-state index contributed by atoms with van der Waals surface area (Å²) in [6.45, 7) is 3.40. The van der Waals surface area contributed by atoms with Gasteiger partial charge < -0.3 is 10.1 Å². The van der Waals surface area contributed by atoms with Gasteiger partial charge in [-0.2, -0.15) is 0 Å². The third-order valence-corrected chi connectivity index (χ3v) is 2.16. The van der Waals surface area contributed by atoms with Crippen LogP contribution in [0, 0.1) is 5.92 Å². The zero-order valence-corrected chi connectivity index (χ0v) is 8.22. The molecule has 0 aromatic carbocycles. The van der Waals surface area contributed by atoms with Crippen molar-refractivity contribution in [3.05, 3.63) is 0 Å². The minimum absolute atomic E-state index is 0.0953. The molecule has 0 aliphatic heterocycles. The highest BCUT2D eigenvalue weighted by Gasteiger charge is 2.40. The SMILES string of the molecule is COC(=O)NC(C)(C)C(=O)C1CC1. The molecule has 1 saturated carbocycles. The second-order valence-electron chi connectivity index (χ2n) is 3.88. The summed E-state index contributed by atoms with van der Waals surface area (Å²) in [5.41, 5.74) is -0.797. The second kappa shape index (κ2) is 3.36. The van der Waals surface area contributed by atoms with Gasteiger partial charge in [-0.25, -0.2) is 4.79 Å². The molecule has 0 bridgehead atoms. The zero-order valence-electron chi connectivity index (χ0n) is 8.22. The quantitative estimate of drug-likeness (QED) is 0.716. The molecule has 0 saturated heterocycles. The number of alkyl carbamates (subject to hydrolysis) is 1. The molecule has 1 rings (SSSR count). The molecular formula is C9H15NO3. The molecule has 1 amide bonds. The maximum atomic E-state index is 11.6. The van der Waals surface area contributed by atoms with Gasteiger partial charge in [-0.3, -0.25) is 4.79 Å². The predicted octanol–water partition coefficient (Wildman–Crippen LogP) is 1.10. The number of ether oxygens (including phenoxy) is 1. The highest BCUT2D eigenvalue weighted by molar-refractivity contribution is 5.93. The van der Waals surface area contributed by atoms with E-state index in [2.05, 4.69) is 10.1 Å². The van der Waals surface area contributed by atoms with E-state index in [4.69, 9.17) is 0 Å². The van der Waals surface area contributed by atoms with E-state index in [0.29, 0.717) is 0 Å². The number of nitrogens with one attached hydrogen (secondary N) is 1. The van der Waals surface area contributed by atoms with Crippen LogP contribution in [0.15, 0.2) is 0 Å². The van der Waals surface area contributed by atoms with Crippen LogP contribution in [0.2, 0.25) is 0 Å². The summed E-state index contributed by atoms with van der Waals surface area (Å²) in [5, 5.41) is 2.52. The van der Waals surface area contributed by atoms with Crippen LogP contribution < -0.4 is 5.32 Å². The molecule has 1 N–H and O–H groups in total. The molecule has 4 heteroatoms. The molecule has 1 aliphatic rings. The molecular weight excluding hydrogens is 170 g/mol. The highest BCUT2D eigenvalue weighted by Crippen LogP contribution is 2.33. The maximum absolute atomic E-state index is 11.6. The fourth-order valence-electron chi connectivity index (χ4n) is 1.22.